The highest BCUT2D eigenvalue weighted by molar-refractivity contribution is 6.02. The summed E-state index contributed by atoms with van der Waals surface area (Å²) in [6.45, 7) is 3.08. The third-order valence-corrected chi connectivity index (χ3v) is 4.66. The quantitative estimate of drug-likeness (QED) is 0.897. The molecule has 0 atom stereocenters. The lowest BCUT2D eigenvalue weighted by Gasteiger charge is -2.32. The summed E-state index contributed by atoms with van der Waals surface area (Å²) in [5, 5.41) is 2.95. The number of carbonyl (C=O) groups is 2. The fraction of sp³-hybridized carbons (Fsp3) is 0.471. The minimum absolute atomic E-state index is 0.0997. The molecule has 0 bridgehead atoms. The monoisotopic (exact) mass is 327 g/mol. The van der Waals surface area contributed by atoms with Crippen LogP contribution in [0.25, 0.3) is 5.52 Å². The second kappa shape index (κ2) is 5.90. The van der Waals surface area contributed by atoms with Crippen LogP contribution in [0, 0.1) is 0 Å². The number of hydrogen-bond acceptors (Lipinski definition) is 4. The molecule has 0 aromatic carbocycles. The lowest BCUT2D eigenvalue weighted by atomic mass is 10.2. The Morgan fingerprint density at radius 3 is 2.62 bits per heavy atom. The third kappa shape index (κ3) is 2.75. The van der Waals surface area contributed by atoms with Gasteiger partial charge in [0.1, 0.15) is 0 Å². The number of rotatable bonds is 3. The minimum atomic E-state index is -0.212. The van der Waals surface area contributed by atoms with E-state index in [0.717, 1.165) is 25.9 Å². The van der Waals surface area contributed by atoms with Crippen molar-refractivity contribution >= 4 is 17.3 Å². The average Bonchev–Trinajstić information content (AvgIpc) is 3.32. The van der Waals surface area contributed by atoms with Gasteiger partial charge in [0.2, 0.25) is 5.82 Å². The van der Waals surface area contributed by atoms with Crippen molar-refractivity contribution in [2.75, 3.05) is 33.2 Å². The minimum Gasteiger partial charge on any atom is -0.347 e. The lowest BCUT2D eigenvalue weighted by molar-refractivity contribution is 0.0661. The Morgan fingerprint density at radius 1 is 1.17 bits per heavy atom. The van der Waals surface area contributed by atoms with Gasteiger partial charge in [-0.05, 0) is 32.0 Å². The van der Waals surface area contributed by atoms with Crippen LogP contribution in [0.3, 0.4) is 0 Å². The summed E-state index contributed by atoms with van der Waals surface area (Å²) in [6, 6.07) is 5.79. The highest BCUT2D eigenvalue weighted by atomic mass is 16.2. The number of imidazole rings is 1. The predicted molar refractivity (Wildman–Crippen MR) is 89.1 cm³/mol. The normalized spacial score (nSPS) is 18.8. The fourth-order valence-electron chi connectivity index (χ4n) is 2.99. The first-order chi connectivity index (χ1) is 11.6. The Labute approximate surface area is 140 Å². The summed E-state index contributed by atoms with van der Waals surface area (Å²) in [5.41, 5.74) is 1.04. The van der Waals surface area contributed by atoms with Crippen LogP contribution in [0.1, 0.15) is 33.9 Å². The van der Waals surface area contributed by atoms with Gasteiger partial charge in [0.05, 0.1) is 5.52 Å². The molecule has 0 spiro atoms. The van der Waals surface area contributed by atoms with Crippen molar-refractivity contribution in [3.05, 3.63) is 35.9 Å². The first kappa shape index (κ1) is 15.1. The number of fused-ring (bicyclic) bond motifs is 1. The molecule has 1 saturated carbocycles. The van der Waals surface area contributed by atoms with Crippen LogP contribution in [0.2, 0.25) is 0 Å². The molecule has 4 rings (SSSR count). The maximum Gasteiger partial charge on any atom is 0.287 e. The smallest absolute Gasteiger partial charge is 0.287 e. The molecule has 2 aliphatic rings. The van der Waals surface area contributed by atoms with Gasteiger partial charge in [-0.3, -0.25) is 14.0 Å². The first-order valence-electron chi connectivity index (χ1n) is 8.39. The number of aromatic nitrogens is 2. The number of amides is 2. The first-order valence-corrected chi connectivity index (χ1v) is 8.39. The number of nitrogens with one attached hydrogen (secondary N) is 1. The average molecular weight is 327 g/mol. The van der Waals surface area contributed by atoms with Gasteiger partial charge in [-0.2, -0.15) is 0 Å². The van der Waals surface area contributed by atoms with E-state index in [9.17, 15) is 9.59 Å². The van der Waals surface area contributed by atoms with Gasteiger partial charge in [-0.15, -0.1) is 0 Å². The summed E-state index contributed by atoms with van der Waals surface area (Å²) in [6.07, 6.45) is 3.81. The molecule has 7 nitrogen and oxygen atoms in total. The molecule has 1 aliphatic heterocycles. The molecule has 1 aliphatic carbocycles. The van der Waals surface area contributed by atoms with Crippen molar-refractivity contribution in [2.24, 2.45) is 0 Å². The molecule has 1 N–H and O–H groups in total. The molecule has 1 saturated heterocycles. The molecular weight excluding hydrogens is 306 g/mol. The maximum atomic E-state index is 12.9. The molecule has 0 radical (unpaired) electrons. The summed E-state index contributed by atoms with van der Waals surface area (Å²) >= 11 is 0. The summed E-state index contributed by atoms with van der Waals surface area (Å²) in [7, 11) is 2.05. The van der Waals surface area contributed by atoms with E-state index in [-0.39, 0.29) is 23.7 Å². The molecule has 2 amide bonds. The Bertz CT molecular complexity index is 787. The van der Waals surface area contributed by atoms with Crippen molar-refractivity contribution in [3.63, 3.8) is 0 Å². The molecule has 2 fully saturated rings. The van der Waals surface area contributed by atoms with Crippen molar-refractivity contribution in [3.8, 4) is 0 Å². The van der Waals surface area contributed by atoms with Gasteiger partial charge in [0.25, 0.3) is 11.8 Å². The van der Waals surface area contributed by atoms with Gasteiger partial charge >= 0.3 is 0 Å². The van der Waals surface area contributed by atoms with E-state index >= 15 is 0 Å². The second-order valence-electron chi connectivity index (χ2n) is 6.58. The van der Waals surface area contributed by atoms with Gasteiger partial charge in [-0.25, -0.2) is 4.98 Å². The predicted octanol–water partition coefficient (Wildman–Crippen LogP) is 0.614. The van der Waals surface area contributed by atoms with Crippen molar-refractivity contribution in [2.45, 2.75) is 18.9 Å². The van der Waals surface area contributed by atoms with E-state index in [4.69, 9.17) is 0 Å². The number of pyridine rings is 1. The molecule has 2 aromatic heterocycles. The van der Waals surface area contributed by atoms with Crippen LogP contribution in [0.4, 0.5) is 0 Å². The summed E-state index contributed by atoms with van der Waals surface area (Å²) in [4.78, 5) is 33.8. The van der Waals surface area contributed by atoms with Crippen LogP contribution >= 0.6 is 0 Å². The second-order valence-corrected chi connectivity index (χ2v) is 6.58. The highest BCUT2D eigenvalue weighted by Crippen LogP contribution is 2.21. The van der Waals surface area contributed by atoms with Crippen LogP contribution in [0.15, 0.2) is 24.4 Å². The molecular formula is C17H21N5O2. The maximum absolute atomic E-state index is 12.9. The van der Waals surface area contributed by atoms with E-state index in [1.807, 2.05) is 30.1 Å². The number of piperazine rings is 1. The molecule has 2 aromatic rings. The summed E-state index contributed by atoms with van der Waals surface area (Å²) < 4.78 is 1.71. The van der Waals surface area contributed by atoms with Crippen LogP contribution < -0.4 is 5.32 Å². The Balaban J connectivity index is 1.67. The van der Waals surface area contributed by atoms with E-state index in [1.54, 1.807) is 10.6 Å². The van der Waals surface area contributed by atoms with Crippen molar-refractivity contribution < 1.29 is 9.59 Å². The molecule has 7 heteroatoms. The Hall–Kier alpha value is -2.41. The Morgan fingerprint density at radius 2 is 1.92 bits per heavy atom. The van der Waals surface area contributed by atoms with E-state index in [1.165, 1.54) is 0 Å². The van der Waals surface area contributed by atoms with Gasteiger partial charge in [0, 0.05) is 38.4 Å². The molecule has 24 heavy (non-hydrogen) atoms. The Kier molecular flexibility index (Phi) is 3.72. The van der Waals surface area contributed by atoms with Crippen LogP contribution in [-0.2, 0) is 0 Å². The van der Waals surface area contributed by atoms with Gasteiger partial charge < -0.3 is 15.1 Å². The lowest BCUT2D eigenvalue weighted by Crippen LogP contribution is -2.47. The molecule has 126 valence electrons. The van der Waals surface area contributed by atoms with Crippen LogP contribution in [-0.4, -0.2) is 70.3 Å². The number of hydrogen-bond donors (Lipinski definition) is 1. The summed E-state index contributed by atoms with van der Waals surface area (Å²) in [5.74, 6) is -0.0247. The molecule has 3 heterocycles. The standard InChI is InChI=1S/C17H21N5O2/c1-20-8-10-21(11-9-20)17(24)14-13-4-2-3-7-22(13)15(19-14)16(23)18-12-5-6-12/h2-4,7,12H,5-6,8-11H2,1H3,(H,18,23). The van der Waals surface area contributed by atoms with Crippen molar-refractivity contribution in [1.29, 1.82) is 0 Å². The van der Waals surface area contributed by atoms with Crippen LogP contribution in [0.5, 0.6) is 0 Å². The molecule has 0 unspecified atom stereocenters. The zero-order valence-corrected chi connectivity index (χ0v) is 13.7. The van der Waals surface area contributed by atoms with E-state index in [2.05, 4.69) is 15.2 Å². The van der Waals surface area contributed by atoms with E-state index < -0.39 is 0 Å². The number of carbonyl (C=O) groups excluding carboxylic acids is 2. The SMILES string of the molecule is CN1CCN(C(=O)c2nc(C(=O)NC3CC3)n3ccccc23)CC1. The topological polar surface area (TPSA) is 69.9 Å². The zero-order chi connectivity index (χ0) is 16.7. The van der Waals surface area contributed by atoms with Gasteiger partial charge in [-0.1, -0.05) is 6.07 Å². The largest absolute Gasteiger partial charge is 0.347 e. The third-order valence-electron chi connectivity index (χ3n) is 4.66. The number of likely N-dealkylation sites (N-methyl/N-ethyl adjacent to an activating group) is 1. The number of nitrogens with zero attached hydrogens (tertiary/aromatic N) is 4. The fourth-order valence-corrected chi connectivity index (χ4v) is 2.99. The van der Waals surface area contributed by atoms with Crippen molar-refractivity contribution in [1.82, 2.24) is 24.5 Å². The highest BCUT2D eigenvalue weighted by Gasteiger charge is 2.29. The van der Waals surface area contributed by atoms with E-state index in [0.29, 0.717) is 24.3 Å². The zero-order valence-electron chi connectivity index (χ0n) is 13.7. The van der Waals surface area contributed by atoms with Gasteiger partial charge in [0.15, 0.2) is 5.69 Å².